The molecule has 0 radical (unpaired) electrons. The number of anilines is 2. The van der Waals surface area contributed by atoms with Crippen LogP contribution in [0, 0.1) is 13.8 Å². The van der Waals surface area contributed by atoms with Crippen molar-refractivity contribution < 1.29 is 23.1 Å². The largest absolute Gasteiger partial charge is 0.497 e. The van der Waals surface area contributed by atoms with Crippen LogP contribution in [0.15, 0.2) is 41.4 Å². The predicted molar refractivity (Wildman–Crippen MR) is 129 cm³/mol. The SMILES string of the molecule is CCn1nc(C)c(CCN(C)c2ncc(NS(=O)(=O)c3ccc(OC)cc3)cc2C(=O)O)c1C. The number of hydrogen-bond donors (Lipinski definition) is 2. The molecule has 0 bridgehead atoms. The molecule has 1 aromatic carbocycles. The van der Waals surface area contributed by atoms with Crippen LogP contribution in [0.5, 0.6) is 5.75 Å². The molecule has 2 N–H and O–H groups in total. The highest BCUT2D eigenvalue weighted by Crippen LogP contribution is 2.24. The van der Waals surface area contributed by atoms with Gasteiger partial charge in [-0.25, -0.2) is 18.2 Å². The molecule has 0 saturated heterocycles. The number of nitrogens with one attached hydrogen (secondary N) is 1. The zero-order valence-electron chi connectivity index (χ0n) is 19.9. The normalized spacial score (nSPS) is 11.3. The fourth-order valence-corrected chi connectivity index (χ4v) is 4.77. The van der Waals surface area contributed by atoms with E-state index < -0.39 is 16.0 Å². The summed E-state index contributed by atoms with van der Waals surface area (Å²) in [6, 6.07) is 7.13. The van der Waals surface area contributed by atoms with Crippen LogP contribution in [-0.4, -0.2) is 55.0 Å². The van der Waals surface area contributed by atoms with Crippen LogP contribution in [0.4, 0.5) is 11.5 Å². The fourth-order valence-electron chi connectivity index (χ4n) is 3.73. The second kappa shape index (κ2) is 10.1. The van der Waals surface area contributed by atoms with E-state index in [9.17, 15) is 18.3 Å². The van der Waals surface area contributed by atoms with E-state index in [-0.39, 0.29) is 22.0 Å². The molecular formula is C23H29N5O5S. The smallest absolute Gasteiger partial charge is 0.339 e. The first-order valence-electron chi connectivity index (χ1n) is 10.7. The molecule has 182 valence electrons. The Bertz CT molecular complexity index is 1290. The van der Waals surface area contributed by atoms with E-state index in [2.05, 4.69) is 14.8 Å². The summed E-state index contributed by atoms with van der Waals surface area (Å²) in [5, 5.41) is 14.3. The first kappa shape index (κ1) is 25.0. The number of rotatable bonds is 10. The number of aromatic carboxylic acids is 1. The summed E-state index contributed by atoms with van der Waals surface area (Å²) < 4.78 is 34.8. The first-order chi connectivity index (χ1) is 16.1. The summed E-state index contributed by atoms with van der Waals surface area (Å²) in [6.45, 7) is 7.30. The van der Waals surface area contributed by atoms with Crippen molar-refractivity contribution in [3.05, 3.63) is 59.0 Å². The summed E-state index contributed by atoms with van der Waals surface area (Å²) in [5.74, 6) is -0.433. The van der Waals surface area contributed by atoms with Gasteiger partial charge in [0.2, 0.25) is 0 Å². The molecule has 0 atom stereocenters. The van der Waals surface area contributed by atoms with Crippen LogP contribution in [0.1, 0.15) is 34.2 Å². The number of likely N-dealkylation sites (N-methyl/N-ethyl adjacent to an activating group) is 1. The number of methoxy groups -OCH3 is 1. The molecular weight excluding hydrogens is 458 g/mol. The monoisotopic (exact) mass is 487 g/mol. The lowest BCUT2D eigenvalue weighted by molar-refractivity contribution is 0.0697. The Morgan fingerprint density at radius 2 is 1.91 bits per heavy atom. The van der Waals surface area contributed by atoms with Gasteiger partial charge >= 0.3 is 5.97 Å². The number of ether oxygens (including phenoxy) is 1. The van der Waals surface area contributed by atoms with E-state index in [1.807, 2.05) is 25.5 Å². The number of carbonyl (C=O) groups is 1. The molecule has 0 aliphatic heterocycles. The second-order valence-corrected chi connectivity index (χ2v) is 9.50. The minimum Gasteiger partial charge on any atom is -0.497 e. The lowest BCUT2D eigenvalue weighted by Gasteiger charge is -2.21. The molecule has 0 aliphatic carbocycles. The highest BCUT2D eigenvalue weighted by atomic mass is 32.2. The van der Waals surface area contributed by atoms with E-state index in [4.69, 9.17) is 4.74 Å². The minimum atomic E-state index is -3.93. The van der Waals surface area contributed by atoms with E-state index in [1.54, 1.807) is 11.9 Å². The zero-order valence-corrected chi connectivity index (χ0v) is 20.7. The molecule has 3 aromatic rings. The van der Waals surface area contributed by atoms with E-state index in [0.717, 1.165) is 23.5 Å². The lowest BCUT2D eigenvalue weighted by atomic mass is 10.1. The summed E-state index contributed by atoms with van der Waals surface area (Å²) in [4.78, 5) is 18.0. The van der Waals surface area contributed by atoms with Crippen molar-refractivity contribution in [1.82, 2.24) is 14.8 Å². The third-order valence-electron chi connectivity index (χ3n) is 5.61. The summed E-state index contributed by atoms with van der Waals surface area (Å²) in [6.07, 6.45) is 1.98. The van der Waals surface area contributed by atoms with Gasteiger partial charge in [-0.1, -0.05) is 0 Å². The molecule has 0 fully saturated rings. The van der Waals surface area contributed by atoms with Crippen molar-refractivity contribution in [2.75, 3.05) is 30.3 Å². The van der Waals surface area contributed by atoms with Crippen LogP contribution in [-0.2, 0) is 23.0 Å². The summed E-state index contributed by atoms with van der Waals surface area (Å²) >= 11 is 0. The Labute approximate surface area is 199 Å². The number of carboxylic acids is 1. The van der Waals surface area contributed by atoms with Gasteiger partial charge in [-0.15, -0.1) is 0 Å². The van der Waals surface area contributed by atoms with Gasteiger partial charge in [-0.2, -0.15) is 5.10 Å². The Hall–Kier alpha value is -3.60. The Morgan fingerprint density at radius 3 is 2.47 bits per heavy atom. The minimum absolute atomic E-state index is 0.0183. The second-order valence-electron chi connectivity index (χ2n) is 7.82. The molecule has 3 rings (SSSR count). The quantitative estimate of drug-likeness (QED) is 0.447. The number of aromatic nitrogens is 3. The average Bonchev–Trinajstić information content (AvgIpc) is 3.09. The van der Waals surface area contributed by atoms with Crippen LogP contribution in [0.2, 0.25) is 0 Å². The maximum Gasteiger partial charge on any atom is 0.339 e. The van der Waals surface area contributed by atoms with Crippen molar-refractivity contribution in [2.24, 2.45) is 0 Å². The van der Waals surface area contributed by atoms with Crippen LogP contribution in [0.3, 0.4) is 0 Å². The predicted octanol–water partition coefficient (Wildman–Crippen LogP) is 3.10. The molecule has 0 aliphatic rings. The van der Waals surface area contributed by atoms with Crippen molar-refractivity contribution in [2.45, 2.75) is 38.6 Å². The Kier molecular flexibility index (Phi) is 7.45. The number of hydrogen-bond acceptors (Lipinski definition) is 7. The van der Waals surface area contributed by atoms with Gasteiger partial charge in [0, 0.05) is 25.8 Å². The van der Waals surface area contributed by atoms with E-state index in [0.29, 0.717) is 18.7 Å². The molecule has 10 nitrogen and oxygen atoms in total. The Morgan fingerprint density at radius 1 is 1.24 bits per heavy atom. The number of nitrogens with zero attached hydrogens (tertiary/aromatic N) is 4. The molecule has 2 aromatic heterocycles. The molecule has 0 amide bonds. The molecule has 0 spiro atoms. The molecule has 0 saturated carbocycles. The lowest BCUT2D eigenvalue weighted by Crippen LogP contribution is -2.24. The molecule has 2 heterocycles. The molecule has 0 unspecified atom stereocenters. The third-order valence-corrected chi connectivity index (χ3v) is 7.01. The summed E-state index contributed by atoms with van der Waals surface area (Å²) in [5.41, 5.74) is 3.11. The topological polar surface area (TPSA) is 127 Å². The van der Waals surface area contributed by atoms with Gasteiger partial charge < -0.3 is 14.7 Å². The van der Waals surface area contributed by atoms with Gasteiger partial charge in [0.05, 0.1) is 29.6 Å². The van der Waals surface area contributed by atoms with Gasteiger partial charge in [0.15, 0.2) is 0 Å². The highest BCUT2D eigenvalue weighted by Gasteiger charge is 2.20. The number of carboxylic acid groups (broad SMARTS) is 1. The van der Waals surface area contributed by atoms with Gasteiger partial charge in [0.25, 0.3) is 10.0 Å². The molecule has 34 heavy (non-hydrogen) atoms. The number of aryl methyl sites for hydroxylation is 2. The standard InChI is InChI=1S/C23H29N5O5S/c1-6-28-16(3)20(15(2)25-28)11-12-27(4)22-21(23(29)30)13-17(14-24-22)26-34(31,32)19-9-7-18(33-5)8-10-19/h7-10,13-14,26H,6,11-12H2,1-5H3,(H,29,30). The summed E-state index contributed by atoms with van der Waals surface area (Å²) in [7, 11) is -0.690. The third kappa shape index (κ3) is 5.30. The first-order valence-corrected chi connectivity index (χ1v) is 12.2. The molecule has 11 heteroatoms. The number of benzene rings is 1. The van der Waals surface area contributed by atoms with Crippen LogP contribution in [0.25, 0.3) is 0 Å². The van der Waals surface area contributed by atoms with Crippen molar-refractivity contribution in [1.29, 1.82) is 0 Å². The number of sulfonamides is 1. The van der Waals surface area contributed by atoms with Gasteiger partial charge in [0.1, 0.15) is 17.1 Å². The van der Waals surface area contributed by atoms with Gasteiger partial charge in [-0.05, 0) is 63.1 Å². The van der Waals surface area contributed by atoms with E-state index in [1.165, 1.54) is 43.6 Å². The van der Waals surface area contributed by atoms with Crippen molar-refractivity contribution in [3.8, 4) is 5.75 Å². The zero-order chi connectivity index (χ0) is 25.0. The van der Waals surface area contributed by atoms with Crippen molar-refractivity contribution in [3.63, 3.8) is 0 Å². The maximum atomic E-state index is 12.7. The number of pyridine rings is 1. The van der Waals surface area contributed by atoms with Gasteiger partial charge in [-0.3, -0.25) is 9.40 Å². The van der Waals surface area contributed by atoms with Crippen LogP contribution >= 0.6 is 0 Å². The van der Waals surface area contributed by atoms with Crippen LogP contribution < -0.4 is 14.4 Å². The highest BCUT2D eigenvalue weighted by molar-refractivity contribution is 7.92. The van der Waals surface area contributed by atoms with Crippen molar-refractivity contribution >= 4 is 27.5 Å². The fraction of sp³-hybridized carbons (Fsp3) is 0.348. The Balaban J connectivity index is 1.81. The van der Waals surface area contributed by atoms with E-state index >= 15 is 0 Å². The average molecular weight is 488 g/mol. The maximum absolute atomic E-state index is 12.7.